The molecule has 0 amide bonds. The van der Waals surface area contributed by atoms with E-state index in [-0.39, 0.29) is 23.7 Å². The summed E-state index contributed by atoms with van der Waals surface area (Å²) in [5.74, 6) is -0.649. The molecule has 0 radical (unpaired) electrons. The number of aromatic hydroxyl groups is 1. The van der Waals surface area contributed by atoms with Crippen molar-refractivity contribution in [1.82, 2.24) is 0 Å². The number of aliphatic imine (C=N–C) groups is 1. The molecule has 0 saturated carbocycles. The first-order chi connectivity index (χ1) is 8.54. The van der Waals surface area contributed by atoms with Gasteiger partial charge in [-0.05, 0) is 38.1 Å². The standard InChI is InChI=1S/C13H15NO4/c1-3-18-13(17)12(9(2)15)8-14-10-4-6-11(16)7-5-10/h4-8,15-16H,3H2,1-2H3/b12-9-,14-8?. The van der Waals surface area contributed by atoms with E-state index < -0.39 is 5.97 Å². The molecule has 0 fully saturated rings. The van der Waals surface area contributed by atoms with Crippen molar-refractivity contribution in [3.05, 3.63) is 35.6 Å². The molecule has 0 aliphatic rings. The van der Waals surface area contributed by atoms with Crippen LogP contribution in [0.25, 0.3) is 0 Å². The number of nitrogens with zero attached hydrogens (tertiary/aromatic N) is 1. The van der Waals surface area contributed by atoms with E-state index in [1.165, 1.54) is 25.3 Å². The third-order valence-corrected chi connectivity index (χ3v) is 2.08. The van der Waals surface area contributed by atoms with Crippen LogP contribution in [-0.4, -0.2) is 29.0 Å². The number of carbonyl (C=O) groups excluding carboxylic acids is 1. The molecule has 1 aromatic rings. The summed E-state index contributed by atoms with van der Waals surface area (Å²) in [6, 6.07) is 6.13. The van der Waals surface area contributed by atoms with Crippen LogP contribution in [0.4, 0.5) is 5.69 Å². The Bertz CT molecular complexity index is 470. The molecule has 5 heteroatoms. The number of hydrogen-bond donors (Lipinski definition) is 2. The predicted molar refractivity (Wildman–Crippen MR) is 68.2 cm³/mol. The molecule has 0 aliphatic heterocycles. The number of rotatable bonds is 4. The van der Waals surface area contributed by atoms with Gasteiger partial charge in [0, 0.05) is 6.21 Å². The van der Waals surface area contributed by atoms with E-state index in [2.05, 4.69) is 4.99 Å². The zero-order chi connectivity index (χ0) is 13.5. The summed E-state index contributed by atoms with van der Waals surface area (Å²) in [6.45, 7) is 3.29. The third kappa shape index (κ3) is 3.93. The number of aliphatic hydroxyl groups excluding tert-OH is 1. The molecule has 5 nitrogen and oxygen atoms in total. The van der Waals surface area contributed by atoms with Crippen molar-refractivity contribution >= 4 is 17.9 Å². The minimum Gasteiger partial charge on any atom is -0.512 e. The van der Waals surface area contributed by atoms with E-state index in [1.807, 2.05) is 0 Å². The fraction of sp³-hybridized carbons (Fsp3) is 0.231. The van der Waals surface area contributed by atoms with Gasteiger partial charge in [-0.1, -0.05) is 0 Å². The summed E-state index contributed by atoms with van der Waals surface area (Å²) < 4.78 is 4.78. The molecule has 0 heterocycles. The van der Waals surface area contributed by atoms with Crippen molar-refractivity contribution in [2.45, 2.75) is 13.8 Å². The molecule has 0 aliphatic carbocycles. The lowest BCUT2D eigenvalue weighted by molar-refractivity contribution is -0.138. The Hall–Kier alpha value is -2.30. The fourth-order valence-corrected chi connectivity index (χ4v) is 1.18. The van der Waals surface area contributed by atoms with Gasteiger partial charge in [-0.15, -0.1) is 0 Å². The molecular weight excluding hydrogens is 234 g/mol. The highest BCUT2D eigenvalue weighted by Crippen LogP contribution is 2.16. The van der Waals surface area contributed by atoms with Crippen molar-refractivity contribution < 1.29 is 19.7 Å². The number of phenolic OH excluding ortho intramolecular Hbond substituents is 1. The van der Waals surface area contributed by atoms with Crippen LogP contribution in [0.5, 0.6) is 5.75 Å². The van der Waals surface area contributed by atoms with Gasteiger partial charge in [0.25, 0.3) is 0 Å². The lowest BCUT2D eigenvalue weighted by Gasteiger charge is -2.03. The number of benzene rings is 1. The van der Waals surface area contributed by atoms with Crippen LogP contribution in [0.1, 0.15) is 13.8 Å². The van der Waals surface area contributed by atoms with E-state index in [9.17, 15) is 9.90 Å². The topological polar surface area (TPSA) is 79.1 Å². The van der Waals surface area contributed by atoms with E-state index in [0.29, 0.717) is 5.69 Å². The molecule has 18 heavy (non-hydrogen) atoms. The second-order valence-electron chi connectivity index (χ2n) is 3.49. The Labute approximate surface area is 105 Å². The van der Waals surface area contributed by atoms with Gasteiger partial charge in [-0.25, -0.2) is 4.79 Å². The molecule has 2 N–H and O–H groups in total. The van der Waals surface area contributed by atoms with Gasteiger partial charge < -0.3 is 14.9 Å². The first-order valence-electron chi connectivity index (χ1n) is 5.44. The summed E-state index contributed by atoms with van der Waals surface area (Å²) in [4.78, 5) is 15.5. The molecule has 0 unspecified atom stereocenters. The molecule has 1 aromatic carbocycles. The number of allylic oxidation sites excluding steroid dienone is 1. The van der Waals surface area contributed by atoms with Crippen molar-refractivity contribution in [3.8, 4) is 5.75 Å². The largest absolute Gasteiger partial charge is 0.512 e. The summed E-state index contributed by atoms with van der Waals surface area (Å²) in [5, 5.41) is 18.5. The minimum absolute atomic E-state index is 0.00456. The smallest absolute Gasteiger partial charge is 0.343 e. The summed E-state index contributed by atoms with van der Waals surface area (Å²) in [5.41, 5.74) is 0.556. The number of aliphatic hydroxyl groups is 1. The maximum atomic E-state index is 11.5. The zero-order valence-electron chi connectivity index (χ0n) is 10.3. The van der Waals surface area contributed by atoms with Crippen LogP contribution in [-0.2, 0) is 9.53 Å². The normalized spacial score (nSPS) is 12.3. The predicted octanol–water partition coefficient (Wildman–Crippen LogP) is 2.49. The highest BCUT2D eigenvalue weighted by Gasteiger charge is 2.11. The number of hydrogen-bond acceptors (Lipinski definition) is 5. The molecule has 1 rings (SSSR count). The summed E-state index contributed by atoms with van der Waals surface area (Å²) in [7, 11) is 0. The SMILES string of the molecule is CCOC(=O)/C(C=Nc1ccc(O)cc1)=C(/C)O. The number of carbonyl (C=O) groups is 1. The highest BCUT2D eigenvalue weighted by molar-refractivity contribution is 6.10. The number of esters is 1. The van der Waals surface area contributed by atoms with E-state index >= 15 is 0 Å². The van der Waals surface area contributed by atoms with Crippen LogP contribution in [0.3, 0.4) is 0 Å². The average Bonchev–Trinajstić information content (AvgIpc) is 2.31. The van der Waals surface area contributed by atoms with E-state index in [1.54, 1.807) is 19.1 Å². The molecule has 0 aromatic heterocycles. The first-order valence-corrected chi connectivity index (χ1v) is 5.44. The lowest BCUT2D eigenvalue weighted by Crippen LogP contribution is -2.10. The average molecular weight is 249 g/mol. The highest BCUT2D eigenvalue weighted by atomic mass is 16.5. The van der Waals surface area contributed by atoms with Crippen LogP contribution in [0, 0.1) is 0 Å². The van der Waals surface area contributed by atoms with Crippen LogP contribution >= 0.6 is 0 Å². The van der Waals surface area contributed by atoms with E-state index in [4.69, 9.17) is 9.84 Å². The Morgan fingerprint density at radius 2 is 2.00 bits per heavy atom. The van der Waals surface area contributed by atoms with E-state index in [0.717, 1.165) is 0 Å². The summed E-state index contributed by atoms with van der Waals surface area (Å²) in [6.07, 6.45) is 1.24. The molecule has 96 valence electrons. The maximum absolute atomic E-state index is 11.5. The Morgan fingerprint density at radius 1 is 1.39 bits per heavy atom. The first kappa shape index (κ1) is 13.8. The van der Waals surface area contributed by atoms with Crippen molar-refractivity contribution in [3.63, 3.8) is 0 Å². The van der Waals surface area contributed by atoms with Crippen molar-refractivity contribution in [2.75, 3.05) is 6.61 Å². The number of phenols is 1. The molecule has 0 bridgehead atoms. The second kappa shape index (κ2) is 6.44. The zero-order valence-corrected chi connectivity index (χ0v) is 10.3. The van der Waals surface area contributed by atoms with Gasteiger partial charge in [-0.3, -0.25) is 4.99 Å². The van der Waals surface area contributed by atoms with Crippen LogP contribution < -0.4 is 0 Å². The van der Waals surface area contributed by atoms with Gasteiger partial charge in [0.2, 0.25) is 0 Å². The van der Waals surface area contributed by atoms with Gasteiger partial charge in [0.05, 0.1) is 12.3 Å². The quantitative estimate of drug-likeness (QED) is 0.372. The van der Waals surface area contributed by atoms with Gasteiger partial charge >= 0.3 is 5.97 Å². The van der Waals surface area contributed by atoms with Gasteiger partial charge in [0.15, 0.2) is 0 Å². The monoisotopic (exact) mass is 249 g/mol. The minimum atomic E-state index is -0.625. The van der Waals surface area contributed by atoms with Crippen molar-refractivity contribution in [1.29, 1.82) is 0 Å². The molecule has 0 saturated heterocycles. The maximum Gasteiger partial charge on any atom is 0.343 e. The summed E-state index contributed by atoms with van der Waals surface area (Å²) >= 11 is 0. The Kier molecular flexibility index (Phi) is 4.92. The van der Waals surface area contributed by atoms with Gasteiger partial charge in [-0.2, -0.15) is 0 Å². The number of ether oxygens (including phenoxy) is 1. The van der Waals surface area contributed by atoms with Crippen LogP contribution in [0.2, 0.25) is 0 Å². The third-order valence-electron chi connectivity index (χ3n) is 2.08. The lowest BCUT2D eigenvalue weighted by atomic mass is 10.2. The molecule has 0 spiro atoms. The van der Waals surface area contributed by atoms with Gasteiger partial charge in [0.1, 0.15) is 17.1 Å². The molecule has 0 atom stereocenters. The fourth-order valence-electron chi connectivity index (χ4n) is 1.18. The molecular formula is C13H15NO4. The Morgan fingerprint density at radius 3 is 2.50 bits per heavy atom. The van der Waals surface area contributed by atoms with Crippen molar-refractivity contribution in [2.24, 2.45) is 4.99 Å². The second-order valence-corrected chi connectivity index (χ2v) is 3.49. The van der Waals surface area contributed by atoms with Crippen LogP contribution in [0.15, 0.2) is 40.6 Å². The Balaban J connectivity index is 2.88.